The van der Waals surface area contributed by atoms with Crippen LogP contribution in [0.1, 0.15) is 26.0 Å². The zero-order valence-electron chi connectivity index (χ0n) is 19.8. The summed E-state index contributed by atoms with van der Waals surface area (Å²) in [4.78, 5) is 37.3. The van der Waals surface area contributed by atoms with Crippen LogP contribution in [0.15, 0.2) is 24.4 Å². The Bertz CT molecular complexity index is 1090. The van der Waals surface area contributed by atoms with Gasteiger partial charge in [-0.2, -0.15) is 0 Å². The van der Waals surface area contributed by atoms with Crippen LogP contribution in [-0.2, 0) is 14.3 Å². The number of rotatable bonds is 5. The van der Waals surface area contributed by atoms with Crippen LogP contribution in [0.5, 0.6) is 0 Å². The maximum absolute atomic E-state index is 12.7. The number of aromatic nitrogens is 2. The molecule has 2 aromatic rings. The number of H-pyrrole nitrogens is 1. The van der Waals surface area contributed by atoms with Crippen LogP contribution in [0.25, 0.3) is 16.6 Å². The fraction of sp³-hybridized carbons (Fsp3) is 0.542. The Morgan fingerprint density at radius 3 is 2.71 bits per heavy atom. The monoisotopic (exact) mass is 467 g/mol. The Balaban J connectivity index is 1.21. The molecule has 3 aliphatic heterocycles. The van der Waals surface area contributed by atoms with Crippen molar-refractivity contribution < 1.29 is 14.3 Å². The van der Waals surface area contributed by atoms with E-state index in [9.17, 15) is 9.59 Å². The lowest BCUT2D eigenvalue weighted by atomic mass is 9.97. The molecule has 10 nitrogen and oxygen atoms in total. The molecule has 3 aliphatic rings. The molecule has 2 fully saturated rings. The summed E-state index contributed by atoms with van der Waals surface area (Å²) in [5.74, 6) is 0.291. The largest absolute Gasteiger partial charge is 0.379 e. The van der Waals surface area contributed by atoms with Crippen LogP contribution in [-0.4, -0.2) is 89.6 Å². The van der Waals surface area contributed by atoms with Gasteiger partial charge in [-0.3, -0.25) is 19.9 Å². The van der Waals surface area contributed by atoms with Gasteiger partial charge < -0.3 is 19.9 Å². The van der Waals surface area contributed by atoms with Gasteiger partial charge in [0.2, 0.25) is 11.8 Å². The first kappa shape index (κ1) is 23.0. The van der Waals surface area contributed by atoms with Crippen LogP contribution < -0.4 is 16.2 Å². The number of carbonyl (C=O) groups is 2. The number of pyridine rings is 1. The van der Waals surface area contributed by atoms with Gasteiger partial charge in [0.25, 0.3) is 0 Å². The summed E-state index contributed by atoms with van der Waals surface area (Å²) < 4.78 is 5.36. The Morgan fingerprint density at radius 1 is 1.18 bits per heavy atom. The lowest BCUT2D eigenvalue weighted by Crippen LogP contribution is -2.45. The lowest BCUT2D eigenvalue weighted by Gasteiger charge is -2.31. The molecule has 2 aromatic heterocycles. The number of hydrazine groups is 1. The zero-order chi connectivity index (χ0) is 23.7. The Kier molecular flexibility index (Phi) is 6.64. The average molecular weight is 468 g/mol. The van der Waals surface area contributed by atoms with E-state index in [2.05, 4.69) is 57.0 Å². The smallest absolute Gasteiger partial charge is 0.243 e. The molecule has 2 amide bonds. The van der Waals surface area contributed by atoms with Crippen LogP contribution in [0.4, 0.5) is 5.69 Å². The molecule has 0 spiro atoms. The molecule has 182 valence electrons. The first-order chi connectivity index (χ1) is 16.5. The summed E-state index contributed by atoms with van der Waals surface area (Å²) in [6, 6.07) is 3.96. The van der Waals surface area contributed by atoms with Crippen molar-refractivity contribution >= 4 is 34.1 Å². The molecular weight excluding hydrogens is 434 g/mol. The predicted octanol–water partition coefficient (Wildman–Crippen LogP) is 0.950. The number of amides is 2. The topological polar surface area (TPSA) is 115 Å². The molecule has 0 aromatic carbocycles. The van der Waals surface area contributed by atoms with Gasteiger partial charge in [-0.15, -0.1) is 0 Å². The molecule has 2 saturated heterocycles. The number of morpholine rings is 1. The number of hydrogen-bond donors (Lipinski definition) is 4. The molecule has 0 radical (unpaired) electrons. The highest BCUT2D eigenvalue weighted by Crippen LogP contribution is 2.26. The van der Waals surface area contributed by atoms with Crippen molar-refractivity contribution in [3.8, 4) is 0 Å². The van der Waals surface area contributed by atoms with E-state index in [4.69, 9.17) is 4.74 Å². The van der Waals surface area contributed by atoms with E-state index in [1.54, 1.807) is 6.20 Å². The van der Waals surface area contributed by atoms with Crippen molar-refractivity contribution in [2.45, 2.75) is 32.4 Å². The number of nitrogens with zero attached hydrogens (tertiary/aromatic N) is 3. The minimum absolute atomic E-state index is 0.0712. The summed E-state index contributed by atoms with van der Waals surface area (Å²) in [6.45, 7) is 8.92. The maximum Gasteiger partial charge on any atom is 0.243 e. The molecule has 34 heavy (non-hydrogen) atoms. The third-order valence-corrected chi connectivity index (χ3v) is 7.17. The van der Waals surface area contributed by atoms with Crippen LogP contribution in [0.3, 0.4) is 0 Å². The van der Waals surface area contributed by atoms with Crippen LogP contribution in [0, 0.1) is 5.92 Å². The summed E-state index contributed by atoms with van der Waals surface area (Å²) in [5, 5.41) is 3.92. The lowest BCUT2D eigenvalue weighted by molar-refractivity contribution is -0.133. The van der Waals surface area contributed by atoms with E-state index in [-0.39, 0.29) is 29.8 Å². The van der Waals surface area contributed by atoms with E-state index in [0.717, 1.165) is 36.2 Å². The summed E-state index contributed by atoms with van der Waals surface area (Å²) in [6.07, 6.45) is 4.59. The number of ether oxygens (including phenoxy) is 1. The zero-order valence-corrected chi connectivity index (χ0v) is 19.8. The first-order valence-electron chi connectivity index (χ1n) is 12.1. The predicted molar refractivity (Wildman–Crippen MR) is 130 cm³/mol. The molecule has 5 heterocycles. The van der Waals surface area contributed by atoms with Crippen LogP contribution >= 0.6 is 0 Å². The van der Waals surface area contributed by atoms with E-state index in [1.165, 1.54) is 5.57 Å². The minimum Gasteiger partial charge on any atom is -0.379 e. The fourth-order valence-corrected chi connectivity index (χ4v) is 4.74. The molecule has 4 N–H and O–H groups in total. The Hall–Kier alpha value is -2.79. The van der Waals surface area contributed by atoms with Gasteiger partial charge >= 0.3 is 0 Å². The Morgan fingerprint density at radius 2 is 2.00 bits per heavy atom. The van der Waals surface area contributed by atoms with Crippen LogP contribution in [0.2, 0.25) is 0 Å². The third-order valence-electron chi connectivity index (χ3n) is 7.17. The van der Waals surface area contributed by atoms with E-state index >= 15 is 0 Å². The molecule has 0 bridgehead atoms. The number of carbonyl (C=O) groups excluding carboxylic acids is 2. The molecular formula is C24H33N7O3. The van der Waals surface area contributed by atoms with E-state index in [1.807, 2.05) is 11.0 Å². The van der Waals surface area contributed by atoms with Gasteiger partial charge in [0, 0.05) is 43.3 Å². The van der Waals surface area contributed by atoms with Gasteiger partial charge in [-0.1, -0.05) is 13.0 Å². The van der Waals surface area contributed by atoms with Gasteiger partial charge in [0.1, 0.15) is 11.7 Å². The van der Waals surface area contributed by atoms with Gasteiger partial charge in [0.05, 0.1) is 31.6 Å². The molecule has 0 saturated carbocycles. The van der Waals surface area contributed by atoms with E-state index in [0.29, 0.717) is 38.5 Å². The second kappa shape index (κ2) is 9.83. The minimum atomic E-state index is -0.284. The first-order valence-corrected chi connectivity index (χ1v) is 12.1. The second-order valence-corrected chi connectivity index (χ2v) is 9.46. The summed E-state index contributed by atoms with van der Waals surface area (Å²) >= 11 is 0. The highest BCUT2D eigenvalue weighted by atomic mass is 16.5. The standard InChI is InChI=1S/C24H33N7O3/c1-15-16(2)28-29-22(15)24(33)26-19-11-18-12-20(27-23(18)25-13-19)17-3-5-31(6-4-17)21(32)14-30-7-9-34-10-8-30/h3,11-13,15-16,22,28-29H,4-10,14H2,1-2H3,(H,25,27)(H,26,33). The second-order valence-electron chi connectivity index (χ2n) is 9.46. The van der Waals surface area contributed by atoms with Gasteiger partial charge in [-0.25, -0.2) is 10.4 Å². The maximum atomic E-state index is 12.7. The molecule has 0 aliphatic carbocycles. The average Bonchev–Trinajstić information content (AvgIpc) is 3.42. The van der Waals surface area contributed by atoms with Crippen molar-refractivity contribution in [1.29, 1.82) is 0 Å². The van der Waals surface area contributed by atoms with Crippen molar-refractivity contribution in [1.82, 2.24) is 30.6 Å². The van der Waals surface area contributed by atoms with E-state index < -0.39 is 0 Å². The number of fused-ring (bicyclic) bond motifs is 1. The van der Waals surface area contributed by atoms with Crippen molar-refractivity contribution in [2.75, 3.05) is 51.3 Å². The van der Waals surface area contributed by atoms with Gasteiger partial charge in [0.15, 0.2) is 0 Å². The number of aromatic amines is 1. The van der Waals surface area contributed by atoms with Crippen molar-refractivity contribution in [3.63, 3.8) is 0 Å². The summed E-state index contributed by atoms with van der Waals surface area (Å²) in [7, 11) is 0. The molecule has 3 atom stereocenters. The SMILES string of the molecule is CC1NNC(C(=O)Nc2cnc3[nH]c(C4=CCN(C(=O)CN5CCOCC5)CC4)cc3c2)C1C. The number of hydrogen-bond acceptors (Lipinski definition) is 7. The number of anilines is 1. The fourth-order valence-electron chi connectivity index (χ4n) is 4.74. The highest BCUT2D eigenvalue weighted by molar-refractivity contribution is 5.97. The summed E-state index contributed by atoms with van der Waals surface area (Å²) in [5.41, 5.74) is 9.83. The number of nitrogens with one attached hydrogen (secondary N) is 4. The molecule has 5 rings (SSSR count). The highest BCUT2D eigenvalue weighted by Gasteiger charge is 2.34. The third kappa shape index (κ3) is 4.85. The van der Waals surface area contributed by atoms with Crippen molar-refractivity contribution in [2.24, 2.45) is 5.92 Å². The molecule has 3 unspecified atom stereocenters. The normalized spacial score (nSPS) is 26.0. The van der Waals surface area contributed by atoms with Gasteiger partial charge in [-0.05, 0) is 37.0 Å². The Labute approximate surface area is 199 Å². The van der Waals surface area contributed by atoms with Crippen molar-refractivity contribution in [3.05, 3.63) is 30.1 Å². The quantitative estimate of drug-likeness (QED) is 0.518. The molecule has 10 heteroatoms.